The fourth-order valence-electron chi connectivity index (χ4n) is 3.62. The molecule has 0 bridgehead atoms. The third-order valence-electron chi connectivity index (χ3n) is 5.10. The second kappa shape index (κ2) is 8.31. The molecule has 0 saturated carbocycles. The molecule has 4 rings (SSSR count). The Morgan fingerprint density at radius 3 is 2.74 bits per heavy atom. The number of aromatic nitrogens is 3. The number of nitrogens with one attached hydrogen (secondary N) is 2. The number of rotatable bonds is 6. The molecule has 1 saturated heterocycles. The summed E-state index contributed by atoms with van der Waals surface area (Å²) in [4.78, 5) is 26.6. The maximum Gasteiger partial charge on any atom is 0.220 e. The number of hydrogen-bond donors (Lipinski definition) is 2. The number of fused-ring (bicyclic) bond motifs is 1. The van der Waals surface area contributed by atoms with Crippen LogP contribution in [0.3, 0.4) is 0 Å². The average molecular weight is 363 g/mol. The first-order valence-electron chi connectivity index (χ1n) is 9.61. The zero-order chi connectivity index (χ0) is 18.5. The molecule has 1 fully saturated rings. The lowest BCUT2D eigenvalue weighted by molar-refractivity contribution is -0.122. The summed E-state index contributed by atoms with van der Waals surface area (Å²) in [6, 6.07) is 14.7. The molecule has 3 aromatic rings. The third kappa shape index (κ3) is 4.71. The van der Waals surface area contributed by atoms with E-state index in [0.717, 1.165) is 43.8 Å². The van der Waals surface area contributed by atoms with Crippen LogP contribution >= 0.6 is 0 Å². The Kier molecular flexibility index (Phi) is 5.44. The van der Waals surface area contributed by atoms with Crippen LogP contribution in [-0.4, -0.2) is 44.9 Å². The molecule has 6 heteroatoms. The molecule has 3 heterocycles. The van der Waals surface area contributed by atoms with Gasteiger partial charge in [0.1, 0.15) is 5.82 Å². The van der Waals surface area contributed by atoms with Gasteiger partial charge in [-0.3, -0.25) is 9.69 Å². The number of nitrogens with zero attached hydrogens (tertiary/aromatic N) is 3. The zero-order valence-corrected chi connectivity index (χ0v) is 15.4. The highest BCUT2D eigenvalue weighted by molar-refractivity contribution is 5.76. The number of likely N-dealkylation sites (tertiary alicyclic amines) is 1. The molecule has 140 valence electrons. The van der Waals surface area contributed by atoms with E-state index in [-0.39, 0.29) is 11.9 Å². The fraction of sp³-hybridized carbons (Fsp3) is 0.381. The SMILES string of the molecule is O=C(CCc1nc2ncccc2[nH]1)NC1CCN(Cc2ccccc2)CC1. The van der Waals surface area contributed by atoms with Gasteiger partial charge in [-0.15, -0.1) is 0 Å². The molecule has 1 aliphatic heterocycles. The molecule has 0 unspecified atom stereocenters. The largest absolute Gasteiger partial charge is 0.353 e. The van der Waals surface area contributed by atoms with Crippen molar-refractivity contribution in [2.45, 2.75) is 38.3 Å². The van der Waals surface area contributed by atoms with Gasteiger partial charge in [0.05, 0.1) is 5.52 Å². The van der Waals surface area contributed by atoms with Crippen LogP contribution in [0.5, 0.6) is 0 Å². The van der Waals surface area contributed by atoms with Gasteiger partial charge in [-0.05, 0) is 30.5 Å². The van der Waals surface area contributed by atoms with E-state index in [1.165, 1.54) is 5.56 Å². The molecule has 6 nitrogen and oxygen atoms in total. The number of imidazole rings is 1. The van der Waals surface area contributed by atoms with Crippen molar-refractivity contribution in [3.05, 3.63) is 60.0 Å². The number of carbonyl (C=O) groups is 1. The molecule has 0 spiro atoms. The molecular weight excluding hydrogens is 338 g/mol. The van der Waals surface area contributed by atoms with E-state index in [2.05, 4.69) is 49.4 Å². The Labute approximate surface area is 159 Å². The van der Waals surface area contributed by atoms with Crippen molar-refractivity contribution in [1.82, 2.24) is 25.2 Å². The normalized spacial score (nSPS) is 15.9. The minimum atomic E-state index is 0.102. The zero-order valence-electron chi connectivity index (χ0n) is 15.4. The van der Waals surface area contributed by atoms with Crippen LogP contribution in [0.4, 0.5) is 0 Å². The van der Waals surface area contributed by atoms with Gasteiger partial charge in [-0.25, -0.2) is 9.97 Å². The molecule has 27 heavy (non-hydrogen) atoms. The summed E-state index contributed by atoms with van der Waals surface area (Å²) in [5.74, 6) is 0.918. The molecule has 0 radical (unpaired) electrons. The predicted octanol–water partition coefficient (Wildman–Crippen LogP) is 2.67. The monoisotopic (exact) mass is 363 g/mol. The Hall–Kier alpha value is -2.73. The van der Waals surface area contributed by atoms with Crippen molar-refractivity contribution in [3.8, 4) is 0 Å². The first-order chi connectivity index (χ1) is 13.3. The molecule has 2 N–H and O–H groups in total. The van der Waals surface area contributed by atoms with Crippen LogP contribution in [0.15, 0.2) is 48.7 Å². The van der Waals surface area contributed by atoms with E-state index in [1.54, 1.807) is 6.20 Å². The highest BCUT2D eigenvalue weighted by Crippen LogP contribution is 2.14. The lowest BCUT2D eigenvalue weighted by atomic mass is 10.0. The molecule has 1 aliphatic rings. The summed E-state index contributed by atoms with van der Waals surface area (Å²) >= 11 is 0. The van der Waals surface area contributed by atoms with Gasteiger partial charge in [0.25, 0.3) is 0 Å². The summed E-state index contributed by atoms with van der Waals surface area (Å²) < 4.78 is 0. The number of amides is 1. The molecule has 0 aliphatic carbocycles. The predicted molar refractivity (Wildman–Crippen MR) is 105 cm³/mol. The van der Waals surface area contributed by atoms with Crippen LogP contribution in [0.25, 0.3) is 11.2 Å². The second-order valence-corrected chi connectivity index (χ2v) is 7.16. The Bertz CT molecular complexity index is 851. The molecular formula is C21H25N5O. The summed E-state index contributed by atoms with van der Waals surface area (Å²) in [7, 11) is 0. The first-order valence-corrected chi connectivity index (χ1v) is 9.61. The van der Waals surface area contributed by atoms with Crippen molar-refractivity contribution in [3.63, 3.8) is 0 Å². The first kappa shape index (κ1) is 17.7. The van der Waals surface area contributed by atoms with Gasteiger partial charge < -0.3 is 10.3 Å². The molecule has 0 atom stereocenters. The number of aromatic amines is 1. The van der Waals surface area contributed by atoms with Crippen LogP contribution in [0, 0.1) is 0 Å². The van der Waals surface area contributed by atoms with Gasteiger partial charge in [0.2, 0.25) is 5.91 Å². The standard InChI is InChI=1S/C21H25N5O/c27-20(9-8-19-24-18-7-4-12-22-21(18)25-19)23-17-10-13-26(14-11-17)15-16-5-2-1-3-6-16/h1-7,12,17H,8-11,13-15H2,(H,23,27)(H,22,24,25). The van der Waals surface area contributed by atoms with Gasteiger partial charge >= 0.3 is 0 Å². The topological polar surface area (TPSA) is 73.9 Å². The van der Waals surface area contributed by atoms with Crippen molar-refractivity contribution in [2.24, 2.45) is 0 Å². The number of piperidine rings is 1. The van der Waals surface area contributed by atoms with Crippen LogP contribution in [0.1, 0.15) is 30.7 Å². The van der Waals surface area contributed by atoms with Crippen molar-refractivity contribution >= 4 is 17.1 Å². The second-order valence-electron chi connectivity index (χ2n) is 7.16. The molecule has 1 aromatic carbocycles. The van der Waals surface area contributed by atoms with E-state index in [4.69, 9.17) is 0 Å². The quantitative estimate of drug-likeness (QED) is 0.706. The highest BCUT2D eigenvalue weighted by atomic mass is 16.1. The van der Waals surface area contributed by atoms with Gasteiger partial charge in [0.15, 0.2) is 5.65 Å². The summed E-state index contributed by atoms with van der Waals surface area (Å²) in [5, 5.41) is 3.18. The highest BCUT2D eigenvalue weighted by Gasteiger charge is 2.20. The Balaban J connectivity index is 1.20. The van der Waals surface area contributed by atoms with Gasteiger partial charge in [-0.2, -0.15) is 0 Å². The fourth-order valence-corrected chi connectivity index (χ4v) is 3.62. The van der Waals surface area contributed by atoms with Crippen LogP contribution in [0.2, 0.25) is 0 Å². The van der Waals surface area contributed by atoms with Gasteiger partial charge in [-0.1, -0.05) is 30.3 Å². The van der Waals surface area contributed by atoms with Crippen molar-refractivity contribution in [1.29, 1.82) is 0 Å². The third-order valence-corrected chi connectivity index (χ3v) is 5.10. The summed E-state index contributed by atoms with van der Waals surface area (Å²) in [5.41, 5.74) is 2.97. The molecule has 1 amide bonds. The van der Waals surface area contributed by atoms with Crippen molar-refractivity contribution < 1.29 is 4.79 Å². The lowest BCUT2D eigenvalue weighted by Gasteiger charge is -2.32. The van der Waals surface area contributed by atoms with Gasteiger partial charge in [0, 0.05) is 44.7 Å². The average Bonchev–Trinajstić information content (AvgIpc) is 3.12. The molecule has 2 aromatic heterocycles. The summed E-state index contributed by atoms with van der Waals surface area (Å²) in [6.45, 7) is 3.03. The van der Waals surface area contributed by atoms with E-state index in [9.17, 15) is 4.79 Å². The lowest BCUT2D eigenvalue weighted by Crippen LogP contribution is -2.44. The van der Waals surface area contributed by atoms with E-state index < -0.39 is 0 Å². The Morgan fingerprint density at radius 2 is 1.96 bits per heavy atom. The number of carbonyl (C=O) groups excluding carboxylic acids is 1. The summed E-state index contributed by atoms with van der Waals surface area (Å²) in [6.07, 6.45) is 4.79. The Morgan fingerprint density at radius 1 is 1.15 bits per heavy atom. The van der Waals surface area contributed by atoms with Crippen LogP contribution in [-0.2, 0) is 17.8 Å². The minimum absolute atomic E-state index is 0.102. The number of pyridine rings is 1. The maximum atomic E-state index is 12.3. The van der Waals surface area contributed by atoms with Crippen LogP contribution < -0.4 is 5.32 Å². The van der Waals surface area contributed by atoms with E-state index >= 15 is 0 Å². The van der Waals surface area contributed by atoms with E-state index in [1.807, 2.05) is 18.2 Å². The number of H-pyrrole nitrogens is 1. The number of hydrogen-bond acceptors (Lipinski definition) is 4. The van der Waals surface area contributed by atoms with Crippen molar-refractivity contribution in [2.75, 3.05) is 13.1 Å². The maximum absolute atomic E-state index is 12.3. The smallest absolute Gasteiger partial charge is 0.220 e. The number of aryl methyl sites for hydroxylation is 1. The van der Waals surface area contributed by atoms with E-state index in [0.29, 0.717) is 18.5 Å². The number of benzene rings is 1. The minimum Gasteiger partial charge on any atom is -0.353 e.